The Morgan fingerprint density at radius 2 is 1.72 bits per heavy atom. The number of benzene rings is 2. The van der Waals surface area contributed by atoms with Gasteiger partial charge in [0.15, 0.2) is 0 Å². The number of nitrogens with one attached hydrogen (secondary N) is 1. The number of piperidine rings is 1. The van der Waals surface area contributed by atoms with Gasteiger partial charge < -0.3 is 4.90 Å². The van der Waals surface area contributed by atoms with Crippen LogP contribution in [-0.2, 0) is 6.54 Å². The second-order valence-corrected chi connectivity index (χ2v) is 5.75. The zero-order chi connectivity index (χ0) is 12.4. The number of rotatable bonds is 2. The lowest BCUT2D eigenvalue weighted by Crippen LogP contribution is -3.11. The topological polar surface area (TPSA) is 4.44 Å². The van der Waals surface area contributed by atoms with Gasteiger partial charge in [-0.2, -0.15) is 0 Å². The van der Waals surface area contributed by atoms with Crippen LogP contribution in [0.15, 0.2) is 42.5 Å². The zero-order valence-corrected chi connectivity index (χ0v) is 11.2. The Hall–Kier alpha value is -1.34. The molecule has 0 aromatic heterocycles. The fourth-order valence-corrected chi connectivity index (χ4v) is 3.06. The molecule has 0 aliphatic carbocycles. The molecule has 2 aromatic carbocycles. The van der Waals surface area contributed by atoms with E-state index in [0.29, 0.717) is 0 Å². The van der Waals surface area contributed by atoms with E-state index in [-0.39, 0.29) is 0 Å². The van der Waals surface area contributed by atoms with Gasteiger partial charge in [0.25, 0.3) is 0 Å². The quantitative estimate of drug-likeness (QED) is 0.823. The van der Waals surface area contributed by atoms with E-state index < -0.39 is 0 Å². The van der Waals surface area contributed by atoms with E-state index in [4.69, 9.17) is 0 Å². The lowest BCUT2D eigenvalue weighted by atomic mass is 9.98. The van der Waals surface area contributed by atoms with Crippen molar-refractivity contribution in [1.29, 1.82) is 0 Å². The molecule has 1 aliphatic heterocycles. The summed E-state index contributed by atoms with van der Waals surface area (Å²) >= 11 is 0. The Morgan fingerprint density at radius 3 is 2.56 bits per heavy atom. The van der Waals surface area contributed by atoms with Crippen molar-refractivity contribution in [1.82, 2.24) is 0 Å². The Kier molecular flexibility index (Phi) is 3.33. The number of fused-ring (bicyclic) bond motifs is 1. The van der Waals surface area contributed by atoms with Gasteiger partial charge in [-0.25, -0.2) is 0 Å². The van der Waals surface area contributed by atoms with Crippen molar-refractivity contribution >= 4 is 10.8 Å². The summed E-state index contributed by atoms with van der Waals surface area (Å²) in [5, 5.41) is 2.81. The SMILES string of the molecule is CC1CC[NH+](Cc2cccc3ccccc23)CC1. The predicted molar refractivity (Wildman–Crippen MR) is 76.7 cm³/mol. The van der Waals surface area contributed by atoms with E-state index in [9.17, 15) is 0 Å². The van der Waals surface area contributed by atoms with Gasteiger partial charge in [-0.3, -0.25) is 0 Å². The monoisotopic (exact) mass is 240 g/mol. The van der Waals surface area contributed by atoms with Gasteiger partial charge in [0.2, 0.25) is 0 Å². The molecule has 0 radical (unpaired) electrons. The number of quaternary nitrogens is 1. The lowest BCUT2D eigenvalue weighted by molar-refractivity contribution is -0.919. The van der Waals surface area contributed by atoms with Crippen LogP contribution < -0.4 is 4.90 Å². The van der Waals surface area contributed by atoms with Crippen molar-refractivity contribution in [2.24, 2.45) is 5.92 Å². The minimum absolute atomic E-state index is 0.932. The van der Waals surface area contributed by atoms with Crippen LogP contribution in [0.5, 0.6) is 0 Å². The van der Waals surface area contributed by atoms with Crippen molar-refractivity contribution in [2.75, 3.05) is 13.1 Å². The van der Waals surface area contributed by atoms with Crippen LogP contribution in [0.2, 0.25) is 0 Å². The Bertz CT molecular complexity index is 519. The molecule has 2 aromatic rings. The molecule has 0 amide bonds. The number of likely N-dealkylation sites (tertiary alicyclic amines) is 1. The van der Waals surface area contributed by atoms with Gasteiger partial charge in [-0.15, -0.1) is 0 Å². The summed E-state index contributed by atoms with van der Waals surface area (Å²) in [5.74, 6) is 0.932. The number of hydrogen-bond acceptors (Lipinski definition) is 0. The maximum absolute atomic E-state index is 2.38. The molecule has 1 nitrogen and oxygen atoms in total. The van der Waals surface area contributed by atoms with Crippen molar-refractivity contribution in [3.8, 4) is 0 Å². The maximum atomic E-state index is 2.38. The molecular formula is C17H22N+. The van der Waals surface area contributed by atoms with Crippen molar-refractivity contribution in [3.05, 3.63) is 48.0 Å². The van der Waals surface area contributed by atoms with Gasteiger partial charge in [0.05, 0.1) is 13.1 Å². The average Bonchev–Trinajstić information content (AvgIpc) is 2.42. The minimum Gasteiger partial charge on any atom is -0.331 e. The molecule has 0 spiro atoms. The van der Waals surface area contributed by atoms with Gasteiger partial charge >= 0.3 is 0 Å². The van der Waals surface area contributed by atoms with Crippen LogP contribution in [0.25, 0.3) is 10.8 Å². The highest BCUT2D eigenvalue weighted by Gasteiger charge is 2.19. The molecule has 3 rings (SSSR count). The van der Waals surface area contributed by atoms with E-state index in [1.807, 2.05) is 0 Å². The normalized spacial score (nSPS) is 24.3. The Morgan fingerprint density at radius 1 is 1.00 bits per heavy atom. The van der Waals surface area contributed by atoms with Crippen LogP contribution in [0.1, 0.15) is 25.3 Å². The van der Waals surface area contributed by atoms with Crippen molar-refractivity contribution in [3.63, 3.8) is 0 Å². The molecule has 1 heteroatoms. The largest absolute Gasteiger partial charge is 0.331 e. The first-order chi connectivity index (χ1) is 8.83. The standard InChI is InChI=1S/C17H21N/c1-14-9-11-18(12-10-14)13-16-7-4-6-15-5-2-3-8-17(15)16/h2-8,14H,9-13H2,1H3/p+1. The van der Waals surface area contributed by atoms with Crippen LogP contribution in [0.3, 0.4) is 0 Å². The third-order valence-corrected chi connectivity index (χ3v) is 4.30. The smallest absolute Gasteiger partial charge is 0.103 e. The second kappa shape index (κ2) is 5.11. The third kappa shape index (κ3) is 2.41. The summed E-state index contributed by atoms with van der Waals surface area (Å²) in [7, 11) is 0. The van der Waals surface area contributed by atoms with E-state index in [1.54, 1.807) is 4.90 Å². The highest BCUT2D eigenvalue weighted by molar-refractivity contribution is 5.85. The van der Waals surface area contributed by atoms with E-state index in [1.165, 1.54) is 48.8 Å². The van der Waals surface area contributed by atoms with E-state index in [2.05, 4.69) is 49.4 Å². The molecular weight excluding hydrogens is 218 g/mol. The second-order valence-electron chi connectivity index (χ2n) is 5.75. The van der Waals surface area contributed by atoms with Gasteiger partial charge in [-0.05, 0) is 29.5 Å². The molecule has 1 saturated heterocycles. The molecule has 0 saturated carbocycles. The fourth-order valence-electron chi connectivity index (χ4n) is 3.06. The van der Waals surface area contributed by atoms with Crippen LogP contribution in [-0.4, -0.2) is 13.1 Å². The average molecular weight is 240 g/mol. The summed E-state index contributed by atoms with van der Waals surface area (Å²) in [5.41, 5.74) is 1.51. The molecule has 1 aliphatic rings. The molecule has 0 atom stereocenters. The molecule has 1 N–H and O–H groups in total. The Labute approximate surface area is 109 Å². The lowest BCUT2D eigenvalue weighted by Gasteiger charge is -2.27. The fraction of sp³-hybridized carbons (Fsp3) is 0.412. The highest BCUT2D eigenvalue weighted by atomic mass is 15.1. The maximum Gasteiger partial charge on any atom is 0.103 e. The summed E-state index contributed by atoms with van der Waals surface area (Å²) < 4.78 is 0. The van der Waals surface area contributed by atoms with Crippen LogP contribution in [0, 0.1) is 5.92 Å². The highest BCUT2D eigenvalue weighted by Crippen LogP contribution is 2.18. The molecule has 18 heavy (non-hydrogen) atoms. The van der Waals surface area contributed by atoms with E-state index in [0.717, 1.165) is 5.92 Å². The molecule has 0 unspecified atom stereocenters. The van der Waals surface area contributed by atoms with E-state index >= 15 is 0 Å². The van der Waals surface area contributed by atoms with Gasteiger partial charge in [-0.1, -0.05) is 49.4 Å². The van der Waals surface area contributed by atoms with Gasteiger partial charge in [0.1, 0.15) is 6.54 Å². The first kappa shape index (κ1) is 11.7. The summed E-state index contributed by atoms with van der Waals surface area (Å²) in [6.07, 6.45) is 2.78. The summed E-state index contributed by atoms with van der Waals surface area (Å²) in [6, 6.07) is 15.5. The summed E-state index contributed by atoms with van der Waals surface area (Å²) in [6.45, 7) is 6.25. The molecule has 0 bridgehead atoms. The first-order valence-electron chi connectivity index (χ1n) is 7.13. The Balaban J connectivity index is 1.82. The van der Waals surface area contributed by atoms with Gasteiger partial charge in [0, 0.05) is 5.56 Å². The minimum atomic E-state index is 0.932. The molecule has 94 valence electrons. The van der Waals surface area contributed by atoms with Crippen molar-refractivity contribution in [2.45, 2.75) is 26.3 Å². The van der Waals surface area contributed by atoms with Crippen LogP contribution in [0.4, 0.5) is 0 Å². The molecule has 1 fully saturated rings. The predicted octanol–water partition coefficient (Wildman–Crippen LogP) is 2.65. The first-order valence-corrected chi connectivity index (χ1v) is 7.13. The molecule has 1 heterocycles. The van der Waals surface area contributed by atoms with Crippen molar-refractivity contribution < 1.29 is 4.90 Å². The van der Waals surface area contributed by atoms with Crippen LogP contribution >= 0.6 is 0 Å². The third-order valence-electron chi connectivity index (χ3n) is 4.30. The summed E-state index contributed by atoms with van der Waals surface area (Å²) in [4.78, 5) is 1.75. The number of hydrogen-bond donors (Lipinski definition) is 1. The zero-order valence-electron chi connectivity index (χ0n) is 11.2.